The van der Waals surface area contributed by atoms with Crippen molar-refractivity contribution in [3.05, 3.63) is 89.3 Å². The number of hydrogen-bond donors (Lipinski definition) is 0. The Morgan fingerprint density at radius 2 is 1.91 bits per heavy atom. The van der Waals surface area contributed by atoms with E-state index >= 15 is 0 Å². The first kappa shape index (κ1) is 19.4. The van der Waals surface area contributed by atoms with E-state index in [1.165, 1.54) is 12.3 Å². The standard InChI is InChI=1S/C24H19N5O4/c30-22(27-11-3-6-19(27)21-26-25-20-7-1-2-10-28(20)21)15-8-9-17-18(13-15)24(32)29(23(17)31)14-16-5-4-12-33-16/h1-2,4-5,7-10,12-13,19H,3,6,11,14H2/t19-/m1/s1. The van der Waals surface area contributed by atoms with Crippen LogP contribution in [0.25, 0.3) is 5.65 Å². The molecule has 164 valence electrons. The van der Waals surface area contributed by atoms with Crippen LogP contribution in [0.3, 0.4) is 0 Å². The zero-order valence-corrected chi connectivity index (χ0v) is 17.5. The van der Waals surface area contributed by atoms with Crippen molar-refractivity contribution >= 4 is 23.4 Å². The molecular formula is C24H19N5O4. The Morgan fingerprint density at radius 1 is 1.03 bits per heavy atom. The number of fused-ring (bicyclic) bond motifs is 2. The predicted molar refractivity (Wildman–Crippen MR) is 115 cm³/mol. The fraction of sp³-hybridized carbons (Fsp3) is 0.208. The molecule has 0 unspecified atom stereocenters. The van der Waals surface area contributed by atoms with Gasteiger partial charge in [0.05, 0.1) is 30.0 Å². The van der Waals surface area contributed by atoms with Crippen molar-refractivity contribution in [3.63, 3.8) is 0 Å². The number of likely N-dealkylation sites (tertiary alicyclic amines) is 1. The minimum Gasteiger partial charge on any atom is -0.467 e. The molecular weight excluding hydrogens is 422 g/mol. The Morgan fingerprint density at radius 3 is 2.76 bits per heavy atom. The summed E-state index contributed by atoms with van der Waals surface area (Å²) in [4.78, 5) is 42.1. The number of carbonyl (C=O) groups excluding carboxylic acids is 3. The van der Waals surface area contributed by atoms with Gasteiger partial charge in [0.1, 0.15) is 5.76 Å². The molecule has 0 spiro atoms. The van der Waals surface area contributed by atoms with Crippen molar-refractivity contribution in [1.29, 1.82) is 0 Å². The quantitative estimate of drug-likeness (QED) is 0.451. The molecule has 2 aliphatic rings. The van der Waals surface area contributed by atoms with Crippen LogP contribution in [0, 0.1) is 0 Å². The molecule has 1 aromatic carbocycles. The van der Waals surface area contributed by atoms with Gasteiger partial charge in [-0.15, -0.1) is 10.2 Å². The lowest BCUT2D eigenvalue weighted by Gasteiger charge is -2.23. The molecule has 4 aromatic rings. The Hall–Kier alpha value is -4.27. The van der Waals surface area contributed by atoms with Gasteiger partial charge in [0.2, 0.25) is 0 Å². The monoisotopic (exact) mass is 441 g/mol. The van der Waals surface area contributed by atoms with E-state index in [0.29, 0.717) is 29.3 Å². The van der Waals surface area contributed by atoms with Gasteiger partial charge in [-0.3, -0.25) is 23.7 Å². The Kier molecular flexibility index (Phi) is 4.36. The average Bonchev–Trinajstić information content (AvgIpc) is 3.63. The molecule has 0 saturated carbocycles. The van der Waals surface area contributed by atoms with Gasteiger partial charge >= 0.3 is 0 Å². The predicted octanol–water partition coefficient (Wildman–Crippen LogP) is 3.10. The van der Waals surface area contributed by atoms with E-state index in [1.807, 2.05) is 28.8 Å². The largest absolute Gasteiger partial charge is 0.467 e. The molecule has 0 bridgehead atoms. The fourth-order valence-corrected chi connectivity index (χ4v) is 4.66. The van der Waals surface area contributed by atoms with E-state index < -0.39 is 5.91 Å². The number of rotatable bonds is 4. The van der Waals surface area contributed by atoms with Crippen LogP contribution in [-0.4, -0.2) is 48.7 Å². The van der Waals surface area contributed by atoms with Gasteiger partial charge in [-0.25, -0.2) is 0 Å². The summed E-state index contributed by atoms with van der Waals surface area (Å²) in [5, 5.41) is 8.55. The highest BCUT2D eigenvalue weighted by atomic mass is 16.3. The minimum absolute atomic E-state index is 0.0524. The van der Waals surface area contributed by atoms with Crippen LogP contribution in [0.15, 0.2) is 65.4 Å². The summed E-state index contributed by atoms with van der Waals surface area (Å²) in [5.74, 6) is 0.217. The lowest BCUT2D eigenvalue weighted by molar-refractivity contribution is 0.0631. The molecule has 2 aliphatic heterocycles. The normalized spacial score (nSPS) is 17.9. The lowest BCUT2D eigenvalue weighted by atomic mass is 10.0. The number of imide groups is 1. The third-order valence-corrected chi connectivity index (χ3v) is 6.26. The van der Waals surface area contributed by atoms with E-state index in [2.05, 4.69) is 10.2 Å². The summed E-state index contributed by atoms with van der Waals surface area (Å²) in [5.41, 5.74) is 1.63. The van der Waals surface area contributed by atoms with Gasteiger partial charge in [-0.1, -0.05) is 6.07 Å². The topological polar surface area (TPSA) is 101 Å². The molecule has 3 amide bonds. The maximum absolute atomic E-state index is 13.5. The summed E-state index contributed by atoms with van der Waals surface area (Å²) in [6.45, 7) is 0.636. The van der Waals surface area contributed by atoms with Crippen molar-refractivity contribution in [2.75, 3.05) is 6.54 Å². The number of hydrogen-bond acceptors (Lipinski definition) is 6. The van der Waals surface area contributed by atoms with Crippen molar-refractivity contribution in [3.8, 4) is 0 Å². The maximum atomic E-state index is 13.5. The van der Waals surface area contributed by atoms with Crippen molar-refractivity contribution in [2.45, 2.75) is 25.4 Å². The highest BCUT2D eigenvalue weighted by Crippen LogP contribution is 2.33. The number of furan rings is 1. The van der Waals surface area contributed by atoms with E-state index in [0.717, 1.165) is 23.4 Å². The van der Waals surface area contributed by atoms with Gasteiger partial charge in [0, 0.05) is 18.3 Å². The van der Waals surface area contributed by atoms with Crippen LogP contribution >= 0.6 is 0 Å². The SMILES string of the molecule is O=C1c2ccc(C(=O)N3CCC[C@@H]3c3nnc4ccccn34)cc2C(=O)N1Cc1ccco1. The second kappa shape index (κ2) is 7.40. The van der Waals surface area contributed by atoms with Crippen LogP contribution < -0.4 is 0 Å². The molecule has 0 N–H and O–H groups in total. The molecule has 1 atom stereocenters. The first-order valence-electron chi connectivity index (χ1n) is 10.7. The molecule has 5 heterocycles. The zero-order valence-electron chi connectivity index (χ0n) is 17.5. The summed E-state index contributed by atoms with van der Waals surface area (Å²) in [6, 6.07) is 13.6. The Balaban J connectivity index is 1.29. The maximum Gasteiger partial charge on any atom is 0.261 e. The smallest absolute Gasteiger partial charge is 0.261 e. The molecule has 1 fully saturated rings. The first-order valence-corrected chi connectivity index (χ1v) is 10.7. The molecule has 0 aliphatic carbocycles. The number of pyridine rings is 1. The van der Waals surface area contributed by atoms with Crippen molar-refractivity contribution < 1.29 is 18.8 Å². The highest BCUT2D eigenvalue weighted by molar-refractivity contribution is 6.22. The third-order valence-electron chi connectivity index (χ3n) is 6.26. The van der Waals surface area contributed by atoms with E-state index in [-0.39, 0.29) is 30.0 Å². The van der Waals surface area contributed by atoms with Crippen LogP contribution in [0.2, 0.25) is 0 Å². The number of amides is 3. The van der Waals surface area contributed by atoms with Gasteiger partial charge in [-0.05, 0) is 55.3 Å². The fourth-order valence-electron chi connectivity index (χ4n) is 4.66. The van der Waals surface area contributed by atoms with Crippen LogP contribution in [-0.2, 0) is 6.54 Å². The number of benzene rings is 1. The van der Waals surface area contributed by atoms with Crippen LogP contribution in [0.1, 0.15) is 61.5 Å². The Labute approximate surface area is 188 Å². The molecule has 9 heteroatoms. The molecule has 0 radical (unpaired) electrons. The number of aromatic nitrogens is 3. The second-order valence-corrected chi connectivity index (χ2v) is 8.18. The minimum atomic E-state index is -0.428. The molecule has 1 saturated heterocycles. The Bertz CT molecular complexity index is 1410. The summed E-state index contributed by atoms with van der Waals surface area (Å²) in [7, 11) is 0. The molecule has 33 heavy (non-hydrogen) atoms. The van der Waals surface area contributed by atoms with Crippen LogP contribution in [0.5, 0.6) is 0 Å². The van der Waals surface area contributed by atoms with Gasteiger partial charge < -0.3 is 9.32 Å². The molecule has 9 nitrogen and oxygen atoms in total. The highest BCUT2D eigenvalue weighted by Gasteiger charge is 2.38. The van der Waals surface area contributed by atoms with Gasteiger partial charge in [0.15, 0.2) is 11.5 Å². The van der Waals surface area contributed by atoms with Crippen LogP contribution in [0.4, 0.5) is 0 Å². The second-order valence-electron chi connectivity index (χ2n) is 8.18. The lowest BCUT2D eigenvalue weighted by Crippen LogP contribution is -2.31. The summed E-state index contributed by atoms with van der Waals surface area (Å²) >= 11 is 0. The summed E-state index contributed by atoms with van der Waals surface area (Å²) < 4.78 is 7.17. The zero-order chi connectivity index (χ0) is 22.5. The van der Waals surface area contributed by atoms with Gasteiger partial charge in [0.25, 0.3) is 17.7 Å². The van der Waals surface area contributed by atoms with E-state index in [9.17, 15) is 14.4 Å². The van der Waals surface area contributed by atoms with Crippen molar-refractivity contribution in [1.82, 2.24) is 24.4 Å². The van der Waals surface area contributed by atoms with Gasteiger partial charge in [-0.2, -0.15) is 0 Å². The number of nitrogens with zero attached hydrogens (tertiary/aromatic N) is 5. The van der Waals surface area contributed by atoms with E-state index in [1.54, 1.807) is 29.2 Å². The first-order chi connectivity index (χ1) is 16.1. The summed E-state index contributed by atoms with van der Waals surface area (Å²) in [6.07, 6.45) is 5.01. The average molecular weight is 441 g/mol. The number of carbonyl (C=O) groups is 3. The third kappa shape index (κ3) is 3.04. The van der Waals surface area contributed by atoms with E-state index in [4.69, 9.17) is 4.42 Å². The van der Waals surface area contributed by atoms with Crippen molar-refractivity contribution in [2.24, 2.45) is 0 Å². The molecule has 6 rings (SSSR count). The molecule has 3 aromatic heterocycles.